The molecule has 0 radical (unpaired) electrons. The number of likely N-dealkylation sites (N-methyl/N-ethyl adjacent to an activating group) is 1. The summed E-state index contributed by atoms with van der Waals surface area (Å²) >= 11 is 0. The summed E-state index contributed by atoms with van der Waals surface area (Å²) in [4.78, 5) is 0. The van der Waals surface area contributed by atoms with Crippen LogP contribution in [0.3, 0.4) is 0 Å². The first-order valence-electron chi connectivity index (χ1n) is 7.73. The highest BCUT2D eigenvalue weighted by atomic mass is 16.5. The van der Waals surface area contributed by atoms with E-state index in [0.29, 0.717) is 12.1 Å². The first-order valence-corrected chi connectivity index (χ1v) is 7.73. The lowest BCUT2D eigenvalue weighted by molar-refractivity contribution is 0.0379. The predicted molar refractivity (Wildman–Crippen MR) is 74.4 cm³/mol. The van der Waals surface area contributed by atoms with Crippen LogP contribution in [0, 0.1) is 0 Å². The van der Waals surface area contributed by atoms with Crippen molar-refractivity contribution in [3.05, 3.63) is 0 Å². The zero-order chi connectivity index (χ0) is 12.3. The van der Waals surface area contributed by atoms with Gasteiger partial charge in [-0.25, -0.2) is 0 Å². The van der Waals surface area contributed by atoms with Crippen LogP contribution in [0.2, 0.25) is 0 Å². The fourth-order valence-electron chi connectivity index (χ4n) is 2.74. The van der Waals surface area contributed by atoms with Crippen LogP contribution in [0.1, 0.15) is 71.6 Å². The van der Waals surface area contributed by atoms with E-state index in [0.717, 1.165) is 13.2 Å². The van der Waals surface area contributed by atoms with Crippen molar-refractivity contribution in [3.63, 3.8) is 0 Å². The molecule has 102 valence electrons. The van der Waals surface area contributed by atoms with Crippen LogP contribution in [0.5, 0.6) is 0 Å². The molecule has 2 atom stereocenters. The summed E-state index contributed by atoms with van der Waals surface area (Å²) in [5.74, 6) is 0. The SMILES string of the molecule is CCCCCCCCOC1CCCC1NCC. The summed E-state index contributed by atoms with van der Waals surface area (Å²) < 4.78 is 6.01. The number of ether oxygens (including phenoxy) is 1. The van der Waals surface area contributed by atoms with Crippen molar-refractivity contribution < 1.29 is 4.74 Å². The van der Waals surface area contributed by atoms with E-state index >= 15 is 0 Å². The van der Waals surface area contributed by atoms with Gasteiger partial charge in [0.05, 0.1) is 6.10 Å². The van der Waals surface area contributed by atoms with Gasteiger partial charge in [-0.3, -0.25) is 0 Å². The molecule has 0 saturated heterocycles. The minimum absolute atomic E-state index is 0.491. The van der Waals surface area contributed by atoms with Crippen molar-refractivity contribution in [2.24, 2.45) is 0 Å². The molecule has 2 nitrogen and oxygen atoms in total. The Hall–Kier alpha value is -0.0800. The van der Waals surface area contributed by atoms with Crippen molar-refractivity contribution in [2.75, 3.05) is 13.2 Å². The Kier molecular flexibility index (Phi) is 8.72. The molecule has 0 aliphatic heterocycles. The Morgan fingerprint density at radius 1 is 1.00 bits per heavy atom. The molecule has 1 aliphatic carbocycles. The van der Waals surface area contributed by atoms with Crippen molar-refractivity contribution in [3.8, 4) is 0 Å². The molecule has 1 rings (SSSR count). The highest BCUT2D eigenvalue weighted by Gasteiger charge is 2.26. The number of hydrogen-bond donors (Lipinski definition) is 1. The molecule has 1 fully saturated rings. The summed E-state index contributed by atoms with van der Waals surface area (Å²) in [5.41, 5.74) is 0. The fourth-order valence-corrected chi connectivity index (χ4v) is 2.74. The lowest BCUT2D eigenvalue weighted by Crippen LogP contribution is -2.37. The van der Waals surface area contributed by atoms with Gasteiger partial charge >= 0.3 is 0 Å². The van der Waals surface area contributed by atoms with Gasteiger partial charge in [0.15, 0.2) is 0 Å². The number of hydrogen-bond acceptors (Lipinski definition) is 2. The number of nitrogens with one attached hydrogen (secondary N) is 1. The van der Waals surface area contributed by atoms with Crippen LogP contribution in [-0.2, 0) is 4.74 Å². The minimum atomic E-state index is 0.491. The molecule has 17 heavy (non-hydrogen) atoms. The highest BCUT2D eigenvalue weighted by molar-refractivity contribution is 4.83. The largest absolute Gasteiger partial charge is 0.377 e. The van der Waals surface area contributed by atoms with Gasteiger partial charge in [0.2, 0.25) is 0 Å². The standard InChI is InChI=1S/C15H31NO/c1-3-5-6-7-8-9-13-17-15-12-10-11-14(15)16-4-2/h14-16H,3-13H2,1-2H3. The molecule has 1 aliphatic rings. The first kappa shape index (κ1) is 15.0. The van der Waals surface area contributed by atoms with Gasteiger partial charge in [-0.2, -0.15) is 0 Å². The zero-order valence-corrected chi connectivity index (χ0v) is 11.8. The van der Waals surface area contributed by atoms with Crippen LogP contribution in [0.15, 0.2) is 0 Å². The molecular formula is C15H31NO. The number of rotatable bonds is 10. The van der Waals surface area contributed by atoms with E-state index in [9.17, 15) is 0 Å². The number of unbranched alkanes of at least 4 members (excludes halogenated alkanes) is 5. The second kappa shape index (κ2) is 9.90. The van der Waals surface area contributed by atoms with E-state index in [1.165, 1.54) is 57.8 Å². The molecule has 0 heterocycles. The van der Waals surface area contributed by atoms with Crippen LogP contribution in [0.25, 0.3) is 0 Å². The fraction of sp³-hybridized carbons (Fsp3) is 1.00. The molecule has 0 aromatic heterocycles. The molecule has 0 aromatic carbocycles. The van der Waals surface area contributed by atoms with Gasteiger partial charge in [-0.05, 0) is 32.2 Å². The lowest BCUT2D eigenvalue weighted by atomic mass is 10.1. The van der Waals surface area contributed by atoms with Crippen LogP contribution >= 0.6 is 0 Å². The maximum Gasteiger partial charge on any atom is 0.0728 e. The van der Waals surface area contributed by atoms with Crippen molar-refractivity contribution >= 4 is 0 Å². The van der Waals surface area contributed by atoms with Gasteiger partial charge in [-0.1, -0.05) is 46.0 Å². The van der Waals surface area contributed by atoms with E-state index in [1.807, 2.05) is 0 Å². The van der Waals surface area contributed by atoms with Crippen molar-refractivity contribution in [1.29, 1.82) is 0 Å². The van der Waals surface area contributed by atoms with E-state index in [1.54, 1.807) is 0 Å². The average Bonchev–Trinajstić information content (AvgIpc) is 2.76. The summed E-state index contributed by atoms with van der Waals surface area (Å²) in [7, 11) is 0. The molecule has 0 bridgehead atoms. The molecule has 0 spiro atoms. The van der Waals surface area contributed by atoms with Crippen LogP contribution in [-0.4, -0.2) is 25.3 Å². The Morgan fingerprint density at radius 2 is 1.76 bits per heavy atom. The second-order valence-corrected chi connectivity index (χ2v) is 5.27. The van der Waals surface area contributed by atoms with Gasteiger partial charge in [-0.15, -0.1) is 0 Å². The normalized spacial score (nSPS) is 24.4. The van der Waals surface area contributed by atoms with Gasteiger partial charge in [0.25, 0.3) is 0 Å². The maximum absolute atomic E-state index is 6.01. The summed E-state index contributed by atoms with van der Waals surface area (Å²) in [6.45, 7) is 6.49. The molecule has 2 heteroatoms. The Labute approximate surface area is 108 Å². The Bertz CT molecular complexity index is 172. The maximum atomic E-state index is 6.01. The third-order valence-corrected chi connectivity index (χ3v) is 3.75. The molecule has 2 unspecified atom stereocenters. The monoisotopic (exact) mass is 241 g/mol. The van der Waals surface area contributed by atoms with E-state index in [2.05, 4.69) is 19.2 Å². The molecule has 0 amide bonds. The molecule has 1 saturated carbocycles. The average molecular weight is 241 g/mol. The van der Waals surface area contributed by atoms with Crippen LogP contribution < -0.4 is 5.32 Å². The third-order valence-electron chi connectivity index (χ3n) is 3.75. The Morgan fingerprint density at radius 3 is 2.53 bits per heavy atom. The zero-order valence-electron chi connectivity index (χ0n) is 11.8. The quantitative estimate of drug-likeness (QED) is 0.586. The lowest BCUT2D eigenvalue weighted by Gasteiger charge is -2.20. The third kappa shape index (κ3) is 6.42. The first-order chi connectivity index (χ1) is 8.38. The summed E-state index contributed by atoms with van der Waals surface area (Å²) in [6, 6.07) is 0.625. The van der Waals surface area contributed by atoms with Crippen LogP contribution in [0.4, 0.5) is 0 Å². The summed E-state index contributed by atoms with van der Waals surface area (Å²) in [6.07, 6.45) is 12.5. The predicted octanol–water partition coefficient (Wildman–Crippen LogP) is 3.89. The molecular weight excluding hydrogens is 210 g/mol. The molecule has 1 N–H and O–H groups in total. The van der Waals surface area contributed by atoms with Crippen molar-refractivity contribution in [1.82, 2.24) is 5.32 Å². The minimum Gasteiger partial charge on any atom is -0.377 e. The van der Waals surface area contributed by atoms with Crippen molar-refractivity contribution in [2.45, 2.75) is 83.8 Å². The second-order valence-electron chi connectivity index (χ2n) is 5.27. The van der Waals surface area contributed by atoms with E-state index in [-0.39, 0.29) is 0 Å². The highest BCUT2D eigenvalue weighted by Crippen LogP contribution is 2.22. The Balaban J connectivity index is 1.94. The van der Waals surface area contributed by atoms with E-state index < -0.39 is 0 Å². The summed E-state index contributed by atoms with van der Waals surface area (Å²) in [5, 5.41) is 3.54. The molecule has 0 aromatic rings. The van der Waals surface area contributed by atoms with Gasteiger partial charge in [0.1, 0.15) is 0 Å². The van der Waals surface area contributed by atoms with E-state index in [4.69, 9.17) is 4.74 Å². The van der Waals surface area contributed by atoms with Gasteiger partial charge in [0, 0.05) is 12.6 Å². The van der Waals surface area contributed by atoms with Gasteiger partial charge < -0.3 is 10.1 Å². The smallest absolute Gasteiger partial charge is 0.0728 e. The topological polar surface area (TPSA) is 21.3 Å².